The van der Waals surface area contributed by atoms with Gasteiger partial charge in [-0.15, -0.1) is 29.3 Å². The van der Waals surface area contributed by atoms with Crippen LogP contribution in [0.5, 0.6) is 0 Å². The van der Waals surface area contributed by atoms with Crippen molar-refractivity contribution in [2.75, 3.05) is 0 Å². The fraction of sp³-hybridized carbons (Fsp3) is 0.433. The Labute approximate surface area is 205 Å². The number of fused-ring (bicyclic) bond motifs is 3. The van der Waals surface area contributed by atoms with E-state index < -0.39 is 0 Å². The van der Waals surface area contributed by atoms with E-state index in [2.05, 4.69) is 62.4 Å². The van der Waals surface area contributed by atoms with Gasteiger partial charge in [-0.2, -0.15) is 0 Å². The molecule has 3 aromatic rings. The fourth-order valence-corrected chi connectivity index (χ4v) is 8.54. The van der Waals surface area contributed by atoms with Crippen LogP contribution in [0.2, 0.25) is 0 Å². The summed E-state index contributed by atoms with van der Waals surface area (Å²) in [6, 6.07) is 21.4. The summed E-state index contributed by atoms with van der Waals surface area (Å²) >= 11 is 0. The average Bonchev–Trinajstić information content (AvgIpc) is 3.01. The van der Waals surface area contributed by atoms with Crippen LogP contribution in [-0.4, -0.2) is 4.98 Å². The van der Waals surface area contributed by atoms with Gasteiger partial charge in [-0.3, -0.25) is 0 Å². The van der Waals surface area contributed by atoms with Gasteiger partial charge in [0, 0.05) is 26.3 Å². The van der Waals surface area contributed by atoms with E-state index >= 15 is 0 Å². The van der Waals surface area contributed by atoms with Gasteiger partial charge in [0.15, 0.2) is 0 Å². The van der Waals surface area contributed by atoms with Gasteiger partial charge in [-0.05, 0) is 95.6 Å². The van der Waals surface area contributed by atoms with Crippen LogP contribution in [0.15, 0.2) is 54.7 Å². The standard InChI is InChI=1S/C30H30N.Ir/c1-29(2)27-22(7-5-9-24(27)26-11-3-4-12-31-26)23-8-6-10-25(28(23)29)30-16-19-13-20(17-30)15-21(14-19)18-30;/h3-8,10-12,19-21H,13-18H2,1-2H3;/q-1;. The van der Waals surface area contributed by atoms with Crippen molar-refractivity contribution in [3.63, 3.8) is 0 Å². The smallest absolute Gasteiger partial charge is 0.0160 e. The minimum Gasteiger partial charge on any atom is -0.305 e. The summed E-state index contributed by atoms with van der Waals surface area (Å²) in [7, 11) is 0. The third-order valence-corrected chi connectivity index (χ3v) is 9.13. The van der Waals surface area contributed by atoms with Crippen molar-refractivity contribution >= 4 is 0 Å². The van der Waals surface area contributed by atoms with Gasteiger partial charge in [0.2, 0.25) is 0 Å². The number of benzene rings is 2. The summed E-state index contributed by atoms with van der Waals surface area (Å²) in [4.78, 5) is 4.70. The molecule has 1 heterocycles. The Kier molecular flexibility index (Phi) is 4.63. The van der Waals surface area contributed by atoms with E-state index in [1.54, 1.807) is 11.1 Å². The topological polar surface area (TPSA) is 12.9 Å². The largest absolute Gasteiger partial charge is 0.305 e. The van der Waals surface area contributed by atoms with Gasteiger partial charge in [0.25, 0.3) is 0 Å². The predicted molar refractivity (Wildman–Crippen MR) is 126 cm³/mol. The summed E-state index contributed by atoms with van der Waals surface area (Å²) in [5.41, 5.74) is 10.1. The zero-order valence-corrected chi connectivity index (χ0v) is 21.3. The second-order valence-electron chi connectivity index (χ2n) is 11.4. The number of hydrogen-bond donors (Lipinski definition) is 0. The Morgan fingerprint density at radius 2 is 1.50 bits per heavy atom. The van der Waals surface area contributed by atoms with Crippen LogP contribution >= 0.6 is 0 Å². The Hall–Kier alpha value is -1.76. The number of hydrogen-bond acceptors (Lipinski definition) is 1. The van der Waals surface area contributed by atoms with Gasteiger partial charge >= 0.3 is 0 Å². The van der Waals surface area contributed by atoms with Crippen molar-refractivity contribution in [1.82, 2.24) is 4.98 Å². The van der Waals surface area contributed by atoms with E-state index in [4.69, 9.17) is 4.98 Å². The first kappa shape index (κ1) is 20.8. The van der Waals surface area contributed by atoms with Crippen LogP contribution in [0.4, 0.5) is 0 Å². The summed E-state index contributed by atoms with van der Waals surface area (Å²) < 4.78 is 0. The molecule has 8 rings (SSSR count). The monoisotopic (exact) mass is 597 g/mol. The molecule has 1 nitrogen and oxygen atoms in total. The molecule has 4 bridgehead atoms. The van der Waals surface area contributed by atoms with Crippen molar-refractivity contribution in [2.45, 2.75) is 63.2 Å². The normalized spacial score (nSPS) is 30.5. The molecule has 0 aliphatic heterocycles. The van der Waals surface area contributed by atoms with Gasteiger partial charge in [0.1, 0.15) is 0 Å². The summed E-state index contributed by atoms with van der Waals surface area (Å²) in [5.74, 6) is 2.89. The number of aromatic nitrogens is 1. The third-order valence-electron chi connectivity index (χ3n) is 9.13. The molecule has 0 unspecified atom stereocenters. The minimum atomic E-state index is -0.0325. The quantitative estimate of drug-likeness (QED) is 0.283. The molecule has 0 atom stereocenters. The Balaban J connectivity index is 0.00000196. The molecule has 1 aromatic heterocycles. The molecule has 4 fully saturated rings. The molecule has 2 heteroatoms. The van der Waals surface area contributed by atoms with E-state index in [1.165, 1.54) is 60.8 Å². The van der Waals surface area contributed by atoms with E-state index in [1.807, 2.05) is 12.3 Å². The van der Waals surface area contributed by atoms with E-state index in [9.17, 15) is 0 Å². The first-order valence-electron chi connectivity index (χ1n) is 12.2. The van der Waals surface area contributed by atoms with Crippen molar-refractivity contribution in [3.8, 4) is 22.4 Å². The molecule has 0 spiro atoms. The van der Waals surface area contributed by atoms with Crippen molar-refractivity contribution < 1.29 is 20.1 Å². The van der Waals surface area contributed by atoms with Gasteiger partial charge in [-0.25, -0.2) is 0 Å². The molecular weight excluding hydrogens is 567 g/mol. The maximum Gasteiger partial charge on any atom is 0.0160 e. The maximum absolute atomic E-state index is 4.70. The molecule has 0 saturated heterocycles. The minimum absolute atomic E-state index is 0. The average molecular weight is 597 g/mol. The van der Waals surface area contributed by atoms with Crippen molar-refractivity contribution in [1.29, 1.82) is 0 Å². The van der Waals surface area contributed by atoms with Gasteiger partial charge in [0.05, 0.1) is 0 Å². The Morgan fingerprint density at radius 1 is 0.812 bits per heavy atom. The second kappa shape index (κ2) is 7.12. The van der Waals surface area contributed by atoms with Crippen molar-refractivity contribution in [2.24, 2.45) is 17.8 Å². The van der Waals surface area contributed by atoms with Crippen LogP contribution in [-0.2, 0) is 30.9 Å². The second-order valence-corrected chi connectivity index (χ2v) is 11.4. The molecule has 2 aromatic carbocycles. The SMILES string of the molecule is CC1(C)c2c(-c3ccccn3)[c-]ccc2-c2cccc(C34CC5CC(CC(C5)C3)C4)c21.[Ir]. The number of rotatable bonds is 2. The van der Waals surface area contributed by atoms with Gasteiger partial charge in [-0.1, -0.05) is 49.7 Å². The Morgan fingerprint density at radius 3 is 2.16 bits per heavy atom. The first-order valence-corrected chi connectivity index (χ1v) is 12.2. The zero-order valence-electron chi connectivity index (χ0n) is 19.0. The van der Waals surface area contributed by atoms with E-state index in [0.717, 1.165) is 23.4 Å². The van der Waals surface area contributed by atoms with E-state index in [-0.39, 0.29) is 25.5 Å². The molecule has 1 radical (unpaired) electrons. The summed E-state index contributed by atoms with van der Waals surface area (Å²) in [6.07, 6.45) is 10.6. The van der Waals surface area contributed by atoms with Crippen LogP contribution in [0.1, 0.15) is 69.1 Å². The summed E-state index contributed by atoms with van der Waals surface area (Å²) in [5, 5.41) is 0. The molecule has 5 aliphatic carbocycles. The number of pyridine rings is 1. The molecule has 4 saturated carbocycles. The third kappa shape index (κ3) is 2.75. The van der Waals surface area contributed by atoms with E-state index in [0.29, 0.717) is 5.41 Å². The predicted octanol–water partition coefficient (Wildman–Crippen LogP) is 7.32. The van der Waals surface area contributed by atoms with Gasteiger partial charge < -0.3 is 4.98 Å². The Bertz CT molecular complexity index is 1160. The summed E-state index contributed by atoms with van der Waals surface area (Å²) in [6.45, 7) is 4.89. The van der Waals surface area contributed by atoms with Crippen LogP contribution in [0.25, 0.3) is 22.4 Å². The fourth-order valence-electron chi connectivity index (χ4n) is 8.54. The van der Waals surface area contributed by atoms with Crippen LogP contribution < -0.4 is 0 Å². The zero-order chi connectivity index (χ0) is 20.8. The molecule has 0 N–H and O–H groups in total. The number of nitrogens with zero attached hydrogens (tertiary/aromatic N) is 1. The van der Waals surface area contributed by atoms with Crippen molar-refractivity contribution in [3.05, 3.63) is 77.5 Å². The van der Waals surface area contributed by atoms with Crippen LogP contribution in [0, 0.1) is 23.8 Å². The molecular formula is C30H30IrN-. The molecule has 165 valence electrons. The maximum atomic E-state index is 4.70. The van der Waals surface area contributed by atoms with Crippen LogP contribution in [0.3, 0.4) is 0 Å². The molecule has 32 heavy (non-hydrogen) atoms. The molecule has 0 amide bonds. The molecule has 5 aliphatic rings. The first-order chi connectivity index (χ1) is 15.1.